The van der Waals surface area contributed by atoms with E-state index in [1.54, 1.807) is 12.1 Å². The minimum atomic E-state index is -0.817. The number of aliphatic hydroxyl groups is 1. The van der Waals surface area contributed by atoms with Gasteiger partial charge in [0, 0.05) is 11.6 Å². The summed E-state index contributed by atoms with van der Waals surface area (Å²) >= 11 is 0. The average Bonchev–Trinajstić information content (AvgIpc) is 2.37. The first-order valence-electron chi connectivity index (χ1n) is 6.64. The zero-order valence-corrected chi connectivity index (χ0v) is 12.0. The fourth-order valence-electron chi connectivity index (χ4n) is 2.17. The molecule has 0 spiro atoms. The van der Waals surface area contributed by atoms with Crippen molar-refractivity contribution in [2.75, 3.05) is 0 Å². The van der Waals surface area contributed by atoms with Gasteiger partial charge in [-0.1, -0.05) is 18.2 Å². The second-order valence-corrected chi connectivity index (χ2v) is 5.02. The monoisotopic (exact) mass is 274 g/mol. The third-order valence-corrected chi connectivity index (χ3v) is 3.45. The molecule has 2 rings (SSSR count). The van der Waals surface area contributed by atoms with E-state index >= 15 is 0 Å². The lowest BCUT2D eigenvalue weighted by molar-refractivity contribution is 0.194. The van der Waals surface area contributed by atoms with E-state index in [0.29, 0.717) is 12.4 Å². The molecule has 2 aromatic carbocycles. The summed E-state index contributed by atoms with van der Waals surface area (Å²) in [5, 5.41) is 9.40. The predicted octanol–water partition coefficient (Wildman–Crippen LogP) is 4.07. The van der Waals surface area contributed by atoms with Crippen molar-refractivity contribution in [2.24, 2.45) is 0 Å². The van der Waals surface area contributed by atoms with Crippen molar-refractivity contribution in [3.63, 3.8) is 0 Å². The lowest BCUT2D eigenvalue weighted by Crippen LogP contribution is -2.02. The molecule has 1 atom stereocenters. The Hall–Kier alpha value is -1.87. The second-order valence-electron chi connectivity index (χ2n) is 5.02. The van der Waals surface area contributed by atoms with Crippen LogP contribution >= 0.6 is 0 Å². The van der Waals surface area contributed by atoms with Gasteiger partial charge in [0.15, 0.2) is 0 Å². The van der Waals surface area contributed by atoms with Gasteiger partial charge in [-0.2, -0.15) is 0 Å². The Labute approximate surface area is 118 Å². The third-order valence-electron chi connectivity index (χ3n) is 3.45. The van der Waals surface area contributed by atoms with Crippen LogP contribution in [0.5, 0.6) is 5.75 Å². The molecule has 0 fully saturated rings. The number of halogens is 1. The van der Waals surface area contributed by atoms with E-state index < -0.39 is 11.9 Å². The van der Waals surface area contributed by atoms with Crippen molar-refractivity contribution in [3.8, 4) is 5.75 Å². The molecule has 0 aliphatic carbocycles. The number of aliphatic hydroxyl groups excluding tert-OH is 1. The van der Waals surface area contributed by atoms with Crippen molar-refractivity contribution >= 4 is 0 Å². The Balaban J connectivity index is 2.14. The molecule has 0 aliphatic rings. The normalized spacial score (nSPS) is 12.2. The van der Waals surface area contributed by atoms with Crippen LogP contribution in [-0.4, -0.2) is 5.11 Å². The molecule has 0 bridgehead atoms. The number of ether oxygens (including phenoxy) is 1. The molecule has 0 amide bonds. The van der Waals surface area contributed by atoms with E-state index in [0.717, 1.165) is 16.7 Å². The van der Waals surface area contributed by atoms with E-state index in [9.17, 15) is 9.50 Å². The predicted molar refractivity (Wildman–Crippen MR) is 77.3 cm³/mol. The Bertz CT molecular complexity index is 586. The van der Waals surface area contributed by atoms with Crippen LogP contribution in [0.4, 0.5) is 4.39 Å². The van der Waals surface area contributed by atoms with Gasteiger partial charge in [0.25, 0.3) is 0 Å². The van der Waals surface area contributed by atoms with Gasteiger partial charge in [-0.05, 0) is 49.6 Å². The van der Waals surface area contributed by atoms with Crippen molar-refractivity contribution in [1.82, 2.24) is 0 Å². The minimum absolute atomic E-state index is 0.282. The topological polar surface area (TPSA) is 29.5 Å². The summed E-state index contributed by atoms with van der Waals surface area (Å²) in [7, 11) is 0. The van der Waals surface area contributed by atoms with Crippen molar-refractivity contribution in [1.29, 1.82) is 0 Å². The summed E-state index contributed by atoms with van der Waals surface area (Å²) in [6.45, 7) is 6.01. The summed E-state index contributed by atoms with van der Waals surface area (Å²) in [5.74, 6) is 0.0218. The van der Waals surface area contributed by atoms with Crippen LogP contribution in [0.2, 0.25) is 0 Å². The number of rotatable bonds is 4. The van der Waals surface area contributed by atoms with Gasteiger partial charge < -0.3 is 9.84 Å². The SMILES string of the molecule is Cc1cccc(C)c1COc1ccc([C@H](C)O)c(F)c1. The zero-order chi connectivity index (χ0) is 14.7. The number of hydrogen-bond acceptors (Lipinski definition) is 2. The van der Waals surface area contributed by atoms with E-state index in [1.807, 2.05) is 32.0 Å². The molecule has 2 nitrogen and oxygen atoms in total. The fraction of sp³-hybridized carbons (Fsp3) is 0.294. The summed E-state index contributed by atoms with van der Waals surface area (Å²) in [6, 6.07) is 10.6. The van der Waals surface area contributed by atoms with Gasteiger partial charge in [0.05, 0.1) is 6.10 Å². The highest BCUT2D eigenvalue weighted by atomic mass is 19.1. The van der Waals surface area contributed by atoms with Gasteiger partial charge in [0.2, 0.25) is 0 Å². The molecule has 20 heavy (non-hydrogen) atoms. The number of benzene rings is 2. The molecule has 1 N–H and O–H groups in total. The molecular formula is C17H19FO2. The van der Waals surface area contributed by atoms with Crippen LogP contribution in [0.3, 0.4) is 0 Å². The molecule has 0 unspecified atom stereocenters. The molecule has 0 radical (unpaired) electrons. The molecular weight excluding hydrogens is 255 g/mol. The third kappa shape index (κ3) is 3.17. The second kappa shape index (κ2) is 6.06. The molecule has 3 heteroatoms. The van der Waals surface area contributed by atoms with Crippen LogP contribution in [-0.2, 0) is 6.61 Å². The Morgan fingerprint density at radius 3 is 2.35 bits per heavy atom. The highest BCUT2D eigenvalue weighted by molar-refractivity contribution is 5.34. The Morgan fingerprint density at radius 1 is 1.15 bits per heavy atom. The molecule has 0 saturated carbocycles. The van der Waals surface area contributed by atoms with E-state index in [2.05, 4.69) is 0 Å². The zero-order valence-electron chi connectivity index (χ0n) is 12.0. The van der Waals surface area contributed by atoms with Crippen LogP contribution < -0.4 is 4.74 Å². The van der Waals surface area contributed by atoms with Gasteiger partial charge >= 0.3 is 0 Å². The summed E-state index contributed by atoms with van der Waals surface area (Å²) in [6.07, 6.45) is -0.817. The lowest BCUT2D eigenvalue weighted by Gasteiger charge is -2.13. The van der Waals surface area contributed by atoms with Crippen molar-refractivity contribution < 1.29 is 14.2 Å². The summed E-state index contributed by atoms with van der Waals surface area (Å²) in [4.78, 5) is 0. The van der Waals surface area contributed by atoms with Gasteiger partial charge in [0.1, 0.15) is 18.2 Å². The smallest absolute Gasteiger partial charge is 0.132 e. The van der Waals surface area contributed by atoms with Gasteiger partial charge in [-0.25, -0.2) is 4.39 Å². The summed E-state index contributed by atoms with van der Waals surface area (Å²) < 4.78 is 19.4. The molecule has 0 saturated heterocycles. The molecule has 2 aromatic rings. The van der Waals surface area contributed by atoms with Crippen LogP contribution in [0.1, 0.15) is 35.3 Å². The van der Waals surface area contributed by atoms with E-state index in [1.165, 1.54) is 13.0 Å². The number of hydrogen-bond donors (Lipinski definition) is 1. The largest absolute Gasteiger partial charge is 0.489 e. The van der Waals surface area contributed by atoms with Crippen LogP contribution in [0.15, 0.2) is 36.4 Å². The number of aryl methyl sites for hydroxylation is 2. The van der Waals surface area contributed by atoms with E-state index in [-0.39, 0.29) is 5.56 Å². The Kier molecular flexibility index (Phi) is 4.40. The maximum atomic E-state index is 13.7. The van der Waals surface area contributed by atoms with E-state index in [4.69, 9.17) is 4.74 Å². The van der Waals surface area contributed by atoms with Crippen LogP contribution in [0, 0.1) is 19.7 Å². The first-order valence-corrected chi connectivity index (χ1v) is 6.64. The average molecular weight is 274 g/mol. The minimum Gasteiger partial charge on any atom is -0.489 e. The maximum Gasteiger partial charge on any atom is 0.132 e. The molecule has 0 heterocycles. The maximum absolute atomic E-state index is 13.7. The Morgan fingerprint density at radius 2 is 1.80 bits per heavy atom. The van der Waals surface area contributed by atoms with Gasteiger partial charge in [-0.15, -0.1) is 0 Å². The highest BCUT2D eigenvalue weighted by Gasteiger charge is 2.10. The molecule has 0 aromatic heterocycles. The van der Waals surface area contributed by atoms with Crippen LogP contribution in [0.25, 0.3) is 0 Å². The van der Waals surface area contributed by atoms with Crippen molar-refractivity contribution in [2.45, 2.75) is 33.5 Å². The standard InChI is InChI=1S/C17H19FO2/c1-11-5-4-6-12(2)16(11)10-20-14-7-8-15(13(3)19)17(18)9-14/h4-9,13,19H,10H2,1-3H3/t13-/m0/s1. The summed E-state index contributed by atoms with van der Waals surface area (Å²) in [5.41, 5.74) is 3.72. The molecule has 0 aliphatic heterocycles. The van der Waals surface area contributed by atoms with Gasteiger partial charge in [-0.3, -0.25) is 0 Å². The quantitative estimate of drug-likeness (QED) is 0.910. The first-order chi connectivity index (χ1) is 9.49. The fourth-order valence-corrected chi connectivity index (χ4v) is 2.17. The molecule has 106 valence electrons. The highest BCUT2D eigenvalue weighted by Crippen LogP contribution is 2.23. The first kappa shape index (κ1) is 14.5. The lowest BCUT2D eigenvalue weighted by atomic mass is 10.0. The van der Waals surface area contributed by atoms with Crippen molar-refractivity contribution in [3.05, 3.63) is 64.5 Å².